The molecule has 1 aromatic carbocycles. The molecule has 0 aliphatic carbocycles. The molecule has 2 aromatic rings. The number of likely N-dealkylation sites (tertiary alicyclic amines) is 1. The fourth-order valence-electron chi connectivity index (χ4n) is 4.10. The number of carbonyl (C=O) groups is 1. The van der Waals surface area contributed by atoms with Crippen molar-refractivity contribution in [2.75, 3.05) is 19.3 Å². The third-order valence-electron chi connectivity index (χ3n) is 5.68. The Balaban J connectivity index is 1.58. The van der Waals surface area contributed by atoms with Crippen LogP contribution in [0, 0.1) is 5.82 Å². The molecule has 1 amide bonds. The number of aromatic nitrogens is 2. The van der Waals surface area contributed by atoms with Gasteiger partial charge in [-0.25, -0.2) is 17.8 Å². The van der Waals surface area contributed by atoms with Gasteiger partial charge in [0.1, 0.15) is 11.6 Å². The minimum absolute atomic E-state index is 0.0569. The molecule has 1 atom stereocenters. The van der Waals surface area contributed by atoms with E-state index < -0.39 is 10.0 Å². The molecule has 30 heavy (non-hydrogen) atoms. The van der Waals surface area contributed by atoms with E-state index in [2.05, 4.69) is 9.97 Å². The van der Waals surface area contributed by atoms with Crippen LogP contribution in [0.5, 0.6) is 0 Å². The van der Waals surface area contributed by atoms with Crippen molar-refractivity contribution in [2.45, 2.75) is 38.3 Å². The molecule has 0 saturated carbocycles. The van der Waals surface area contributed by atoms with Crippen LogP contribution in [0.3, 0.4) is 0 Å². The minimum atomic E-state index is -3.39. The van der Waals surface area contributed by atoms with Crippen molar-refractivity contribution in [3.05, 3.63) is 63.1 Å². The summed E-state index contributed by atoms with van der Waals surface area (Å²) in [7, 11) is -3.39. The number of aromatic amines is 1. The lowest BCUT2D eigenvalue weighted by Crippen LogP contribution is -2.40. The molecular weight excluding hydrogens is 411 g/mol. The summed E-state index contributed by atoms with van der Waals surface area (Å²) in [6, 6.07) is 5.43. The summed E-state index contributed by atoms with van der Waals surface area (Å²) in [6.07, 6.45) is 3.01. The van der Waals surface area contributed by atoms with Gasteiger partial charge in [0, 0.05) is 18.7 Å². The highest BCUT2D eigenvalue weighted by atomic mass is 32.2. The second kappa shape index (κ2) is 7.92. The molecule has 8 nitrogen and oxygen atoms in total. The van der Waals surface area contributed by atoms with Crippen LogP contribution in [0.1, 0.15) is 41.5 Å². The van der Waals surface area contributed by atoms with E-state index in [-0.39, 0.29) is 42.8 Å². The summed E-state index contributed by atoms with van der Waals surface area (Å²) >= 11 is 0. The van der Waals surface area contributed by atoms with Gasteiger partial charge in [0.25, 0.3) is 5.56 Å². The summed E-state index contributed by atoms with van der Waals surface area (Å²) in [5.74, 6) is -0.0921. The van der Waals surface area contributed by atoms with Crippen molar-refractivity contribution < 1.29 is 17.6 Å². The smallest absolute Gasteiger partial charge is 0.254 e. The second-order valence-electron chi connectivity index (χ2n) is 7.77. The number of hydrogen-bond donors (Lipinski definition) is 1. The summed E-state index contributed by atoms with van der Waals surface area (Å²) < 4.78 is 38.2. The number of rotatable bonds is 4. The van der Waals surface area contributed by atoms with E-state index in [0.717, 1.165) is 12.7 Å². The number of sulfonamides is 1. The number of nitrogens with one attached hydrogen (secondary N) is 1. The molecule has 2 aliphatic rings. The third-order valence-corrected chi connectivity index (χ3v) is 6.93. The van der Waals surface area contributed by atoms with Crippen LogP contribution in [-0.2, 0) is 34.2 Å². The van der Waals surface area contributed by atoms with E-state index in [4.69, 9.17) is 0 Å². The number of fused-ring (bicyclic) bond motifs is 1. The van der Waals surface area contributed by atoms with Crippen LogP contribution >= 0.6 is 0 Å². The van der Waals surface area contributed by atoms with Crippen LogP contribution in [0.4, 0.5) is 4.39 Å². The van der Waals surface area contributed by atoms with Gasteiger partial charge in [-0.05, 0) is 37.0 Å². The Labute approximate surface area is 173 Å². The number of hydrogen-bond acceptors (Lipinski definition) is 5. The van der Waals surface area contributed by atoms with Crippen molar-refractivity contribution >= 4 is 15.9 Å². The lowest BCUT2D eigenvalue weighted by atomic mass is 10.1. The van der Waals surface area contributed by atoms with Gasteiger partial charge in [0.05, 0.1) is 31.0 Å². The van der Waals surface area contributed by atoms with Gasteiger partial charge < -0.3 is 9.88 Å². The molecule has 2 aliphatic heterocycles. The lowest BCUT2D eigenvalue weighted by Gasteiger charge is -2.28. The number of H-pyrrole nitrogens is 1. The average molecular weight is 434 g/mol. The molecule has 0 bridgehead atoms. The summed E-state index contributed by atoms with van der Waals surface area (Å²) in [5, 5.41) is 0. The summed E-state index contributed by atoms with van der Waals surface area (Å²) in [5.41, 5.74) is 1.38. The molecule has 0 spiro atoms. The number of halogens is 1. The molecule has 1 aromatic heterocycles. The zero-order chi connectivity index (χ0) is 21.5. The van der Waals surface area contributed by atoms with E-state index in [1.54, 1.807) is 17.0 Å². The predicted octanol–water partition coefficient (Wildman–Crippen LogP) is 1.13. The fraction of sp³-hybridized carbons (Fsp3) is 0.450. The van der Waals surface area contributed by atoms with Crippen molar-refractivity contribution in [2.24, 2.45) is 0 Å². The molecule has 4 rings (SSSR count). The molecule has 0 radical (unpaired) electrons. The maximum atomic E-state index is 13.1. The molecule has 160 valence electrons. The summed E-state index contributed by atoms with van der Waals surface area (Å²) in [4.78, 5) is 34.5. The van der Waals surface area contributed by atoms with E-state index >= 15 is 0 Å². The first kappa shape index (κ1) is 20.7. The maximum absolute atomic E-state index is 13.1. The summed E-state index contributed by atoms with van der Waals surface area (Å²) in [6.45, 7) is 0.851. The van der Waals surface area contributed by atoms with E-state index in [0.29, 0.717) is 42.0 Å². The van der Waals surface area contributed by atoms with Crippen molar-refractivity contribution in [3.8, 4) is 0 Å². The number of carbonyl (C=O) groups excluding carboxylic acids is 1. The topological polar surface area (TPSA) is 103 Å². The standard InChI is InChI=1S/C20H23FN4O4S/c1-30(28,29)24-10-8-15-16(12-24)22-19(23-20(15)27)17-3-2-9-25(17)18(26)11-13-4-6-14(21)7-5-13/h4-7,17H,2-3,8-12H2,1H3,(H,22,23,27)/t17-/m0/s1. The third kappa shape index (κ3) is 4.15. The Morgan fingerprint density at radius 3 is 2.70 bits per heavy atom. The molecule has 1 saturated heterocycles. The number of benzene rings is 1. The van der Waals surface area contributed by atoms with Crippen LogP contribution in [0.2, 0.25) is 0 Å². The molecule has 3 heterocycles. The Hall–Kier alpha value is -2.59. The Bertz CT molecular complexity index is 1130. The lowest BCUT2D eigenvalue weighted by molar-refractivity contribution is -0.131. The first-order valence-electron chi connectivity index (χ1n) is 9.83. The number of amides is 1. The molecule has 0 unspecified atom stereocenters. The van der Waals surface area contributed by atoms with Crippen LogP contribution in [0.15, 0.2) is 29.1 Å². The largest absolute Gasteiger partial charge is 0.332 e. The van der Waals surface area contributed by atoms with E-state index in [9.17, 15) is 22.4 Å². The van der Waals surface area contributed by atoms with Gasteiger partial charge in [-0.3, -0.25) is 9.59 Å². The highest BCUT2D eigenvalue weighted by Crippen LogP contribution is 2.31. The minimum Gasteiger partial charge on any atom is -0.332 e. The monoisotopic (exact) mass is 434 g/mol. The second-order valence-corrected chi connectivity index (χ2v) is 9.75. The Kier molecular flexibility index (Phi) is 5.46. The zero-order valence-corrected chi connectivity index (χ0v) is 17.4. The van der Waals surface area contributed by atoms with Gasteiger partial charge >= 0.3 is 0 Å². The predicted molar refractivity (Wildman–Crippen MR) is 108 cm³/mol. The van der Waals surface area contributed by atoms with Crippen molar-refractivity contribution in [1.29, 1.82) is 0 Å². The molecule has 1 fully saturated rings. The van der Waals surface area contributed by atoms with E-state index in [1.165, 1.54) is 16.4 Å². The maximum Gasteiger partial charge on any atom is 0.254 e. The first-order valence-corrected chi connectivity index (χ1v) is 11.7. The molecular formula is C20H23FN4O4S. The van der Waals surface area contributed by atoms with Gasteiger partial charge in [0.15, 0.2) is 0 Å². The Morgan fingerprint density at radius 2 is 2.00 bits per heavy atom. The van der Waals surface area contributed by atoms with Gasteiger partial charge in [-0.15, -0.1) is 0 Å². The quantitative estimate of drug-likeness (QED) is 0.777. The highest BCUT2D eigenvalue weighted by molar-refractivity contribution is 7.88. The molecule has 1 N–H and O–H groups in total. The number of nitrogens with zero attached hydrogens (tertiary/aromatic N) is 3. The fourth-order valence-corrected chi connectivity index (χ4v) is 4.88. The van der Waals surface area contributed by atoms with Crippen molar-refractivity contribution in [1.82, 2.24) is 19.2 Å². The van der Waals surface area contributed by atoms with E-state index in [1.807, 2.05) is 0 Å². The van der Waals surface area contributed by atoms with Crippen LogP contribution in [0.25, 0.3) is 0 Å². The highest BCUT2D eigenvalue weighted by Gasteiger charge is 2.33. The van der Waals surface area contributed by atoms with Gasteiger partial charge in [-0.2, -0.15) is 4.31 Å². The van der Waals surface area contributed by atoms with Crippen molar-refractivity contribution in [3.63, 3.8) is 0 Å². The van der Waals surface area contributed by atoms with Gasteiger partial charge in [-0.1, -0.05) is 12.1 Å². The zero-order valence-electron chi connectivity index (χ0n) is 16.6. The molecule has 10 heteroatoms. The van der Waals surface area contributed by atoms with Crippen LogP contribution in [-0.4, -0.2) is 52.8 Å². The SMILES string of the molecule is CS(=O)(=O)N1CCc2c(nc([C@@H]3CCCN3C(=O)Cc3ccc(F)cc3)[nH]c2=O)C1. The normalized spacial score (nSPS) is 19.7. The first-order chi connectivity index (χ1) is 14.2. The average Bonchev–Trinajstić information content (AvgIpc) is 3.18. The Morgan fingerprint density at radius 1 is 1.27 bits per heavy atom. The van der Waals surface area contributed by atoms with Gasteiger partial charge in [0.2, 0.25) is 15.9 Å². The van der Waals surface area contributed by atoms with Crippen LogP contribution < -0.4 is 5.56 Å².